The van der Waals surface area contributed by atoms with Gasteiger partial charge < -0.3 is 4.98 Å². The van der Waals surface area contributed by atoms with Crippen LogP contribution in [0.25, 0.3) is 0 Å². The lowest BCUT2D eigenvalue weighted by molar-refractivity contribution is 0.691. The molecule has 0 aliphatic heterocycles. The molecule has 1 aromatic heterocycles. The van der Waals surface area contributed by atoms with Crippen molar-refractivity contribution in [3.8, 4) is 11.8 Å². The predicted molar refractivity (Wildman–Crippen MR) is 43.1 cm³/mol. The largest absolute Gasteiger partial charge is 0.325 e. The van der Waals surface area contributed by atoms with Crippen LogP contribution in [0.1, 0.15) is 13.3 Å². The number of aromatic amines is 1. The zero-order valence-corrected chi connectivity index (χ0v) is 6.42. The van der Waals surface area contributed by atoms with Crippen LogP contribution in [-0.4, -0.2) is 9.55 Å². The molecule has 1 N–H and O–H groups in total. The first-order chi connectivity index (χ1) is 5.34. The molecule has 1 heterocycles. The molecule has 0 atom stereocenters. The molecule has 0 spiro atoms. The molecule has 0 fully saturated rings. The van der Waals surface area contributed by atoms with E-state index in [-0.39, 0.29) is 5.69 Å². The Bertz CT molecular complexity index is 324. The summed E-state index contributed by atoms with van der Waals surface area (Å²) in [6.07, 6.45) is 4.08. The number of imidazole rings is 1. The Morgan fingerprint density at radius 2 is 2.55 bits per heavy atom. The number of hydrogen-bond acceptors (Lipinski definition) is 1. The quantitative estimate of drug-likeness (QED) is 0.615. The minimum atomic E-state index is -0.0668. The molecule has 1 rings (SSSR count). The lowest BCUT2D eigenvalue weighted by Gasteiger charge is -1.92. The summed E-state index contributed by atoms with van der Waals surface area (Å²) in [5.41, 5.74) is -0.0668. The van der Waals surface area contributed by atoms with Crippen molar-refractivity contribution in [3.05, 3.63) is 22.9 Å². The Morgan fingerprint density at radius 3 is 3.09 bits per heavy atom. The highest BCUT2D eigenvalue weighted by Gasteiger charge is 1.91. The maximum absolute atomic E-state index is 10.9. The fourth-order valence-corrected chi connectivity index (χ4v) is 0.827. The number of aryl methyl sites for hydroxylation is 1. The number of nitrogens with zero attached hydrogens (tertiary/aromatic N) is 1. The van der Waals surface area contributed by atoms with Gasteiger partial charge in [-0.05, 0) is 6.92 Å². The number of H-pyrrole nitrogens is 1. The van der Waals surface area contributed by atoms with Gasteiger partial charge in [-0.1, -0.05) is 0 Å². The summed E-state index contributed by atoms with van der Waals surface area (Å²) < 4.78 is 1.60. The van der Waals surface area contributed by atoms with Gasteiger partial charge in [0.15, 0.2) is 0 Å². The van der Waals surface area contributed by atoms with Crippen molar-refractivity contribution >= 4 is 0 Å². The molecule has 1 aromatic rings. The number of rotatable bonds is 2. The van der Waals surface area contributed by atoms with Crippen molar-refractivity contribution in [2.24, 2.45) is 0 Å². The van der Waals surface area contributed by atoms with Crippen LogP contribution in [0, 0.1) is 11.8 Å². The zero-order chi connectivity index (χ0) is 8.10. The van der Waals surface area contributed by atoms with Gasteiger partial charge in [0.1, 0.15) is 0 Å². The van der Waals surface area contributed by atoms with Gasteiger partial charge in [-0.3, -0.25) is 4.57 Å². The van der Waals surface area contributed by atoms with Crippen LogP contribution in [-0.2, 0) is 6.54 Å². The minimum Gasteiger partial charge on any atom is -0.313 e. The van der Waals surface area contributed by atoms with Crippen LogP contribution in [0.3, 0.4) is 0 Å². The molecule has 0 saturated heterocycles. The van der Waals surface area contributed by atoms with Gasteiger partial charge in [-0.15, -0.1) is 11.8 Å². The predicted octanol–water partition coefficient (Wildman–Crippen LogP) is 0.590. The molecule has 3 nitrogen and oxygen atoms in total. The lowest BCUT2D eigenvalue weighted by Crippen LogP contribution is -2.15. The van der Waals surface area contributed by atoms with Gasteiger partial charge in [0.25, 0.3) is 0 Å². The van der Waals surface area contributed by atoms with Crippen molar-refractivity contribution in [2.75, 3.05) is 0 Å². The number of hydrogen-bond donors (Lipinski definition) is 1. The van der Waals surface area contributed by atoms with Crippen molar-refractivity contribution in [1.29, 1.82) is 0 Å². The van der Waals surface area contributed by atoms with Crippen LogP contribution < -0.4 is 5.69 Å². The van der Waals surface area contributed by atoms with E-state index in [1.54, 1.807) is 23.9 Å². The normalized spacial score (nSPS) is 8.82. The van der Waals surface area contributed by atoms with Gasteiger partial charge in [-0.2, -0.15) is 0 Å². The maximum Gasteiger partial charge on any atom is 0.325 e. The summed E-state index contributed by atoms with van der Waals surface area (Å²) in [7, 11) is 0. The summed E-state index contributed by atoms with van der Waals surface area (Å²) in [6.45, 7) is 2.46. The van der Waals surface area contributed by atoms with E-state index in [1.165, 1.54) is 0 Å². The van der Waals surface area contributed by atoms with E-state index in [2.05, 4.69) is 16.8 Å². The third-order valence-corrected chi connectivity index (χ3v) is 1.38. The second-order valence-corrected chi connectivity index (χ2v) is 2.14. The molecular weight excluding hydrogens is 140 g/mol. The summed E-state index contributed by atoms with van der Waals surface area (Å²) >= 11 is 0. The first-order valence-corrected chi connectivity index (χ1v) is 3.48. The van der Waals surface area contributed by atoms with Gasteiger partial charge in [-0.25, -0.2) is 4.79 Å². The molecule has 0 aliphatic rings. The molecule has 0 saturated carbocycles. The first-order valence-electron chi connectivity index (χ1n) is 3.48. The summed E-state index contributed by atoms with van der Waals surface area (Å²) in [5, 5.41) is 0. The first kappa shape index (κ1) is 7.67. The highest BCUT2D eigenvalue weighted by Crippen LogP contribution is 1.83. The van der Waals surface area contributed by atoms with Gasteiger partial charge in [0.2, 0.25) is 0 Å². The van der Waals surface area contributed by atoms with E-state index in [4.69, 9.17) is 0 Å². The van der Waals surface area contributed by atoms with E-state index in [1.807, 2.05) is 0 Å². The molecule has 0 amide bonds. The Labute approximate surface area is 65.1 Å². The lowest BCUT2D eigenvalue weighted by atomic mass is 10.4. The molecule has 0 aromatic carbocycles. The molecule has 0 unspecified atom stereocenters. The monoisotopic (exact) mass is 150 g/mol. The highest BCUT2D eigenvalue weighted by atomic mass is 16.1. The molecule has 0 bridgehead atoms. The SMILES string of the molecule is CC#CCCn1cc[nH]c1=O. The standard InChI is InChI=1S/C8H10N2O/c1-2-3-4-6-10-7-5-9-8(10)11/h5,7H,4,6H2,1H3,(H,9,11). The van der Waals surface area contributed by atoms with E-state index in [0.29, 0.717) is 6.54 Å². The van der Waals surface area contributed by atoms with Crippen LogP contribution >= 0.6 is 0 Å². The van der Waals surface area contributed by atoms with Crippen molar-refractivity contribution < 1.29 is 0 Å². The van der Waals surface area contributed by atoms with Crippen molar-refractivity contribution in [1.82, 2.24) is 9.55 Å². The number of nitrogens with one attached hydrogen (secondary N) is 1. The Balaban J connectivity index is 2.56. The summed E-state index contributed by atoms with van der Waals surface area (Å²) in [4.78, 5) is 13.4. The van der Waals surface area contributed by atoms with E-state index in [9.17, 15) is 4.79 Å². The van der Waals surface area contributed by atoms with Crippen molar-refractivity contribution in [3.63, 3.8) is 0 Å². The molecule has 11 heavy (non-hydrogen) atoms. The Kier molecular flexibility index (Phi) is 2.56. The van der Waals surface area contributed by atoms with Gasteiger partial charge in [0, 0.05) is 25.4 Å². The van der Waals surface area contributed by atoms with Gasteiger partial charge >= 0.3 is 5.69 Å². The van der Waals surface area contributed by atoms with Crippen molar-refractivity contribution in [2.45, 2.75) is 19.9 Å². The smallest absolute Gasteiger partial charge is 0.313 e. The third-order valence-electron chi connectivity index (χ3n) is 1.38. The summed E-state index contributed by atoms with van der Waals surface area (Å²) in [5.74, 6) is 5.66. The molecular formula is C8H10N2O. The average Bonchev–Trinajstić information content (AvgIpc) is 2.37. The van der Waals surface area contributed by atoms with E-state index in [0.717, 1.165) is 6.42 Å². The zero-order valence-electron chi connectivity index (χ0n) is 6.42. The van der Waals surface area contributed by atoms with Crippen LogP contribution in [0.4, 0.5) is 0 Å². The molecule has 0 aliphatic carbocycles. The van der Waals surface area contributed by atoms with Crippen LogP contribution in [0.15, 0.2) is 17.2 Å². The fourth-order valence-electron chi connectivity index (χ4n) is 0.827. The molecule has 58 valence electrons. The second kappa shape index (κ2) is 3.67. The Hall–Kier alpha value is -1.43. The molecule has 3 heteroatoms. The highest BCUT2D eigenvalue weighted by molar-refractivity contribution is 4.95. The summed E-state index contributed by atoms with van der Waals surface area (Å²) in [6, 6.07) is 0. The topological polar surface area (TPSA) is 37.8 Å². The number of aromatic nitrogens is 2. The maximum atomic E-state index is 10.9. The van der Waals surface area contributed by atoms with Crippen LogP contribution in [0.5, 0.6) is 0 Å². The fraction of sp³-hybridized carbons (Fsp3) is 0.375. The van der Waals surface area contributed by atoms with Crippen LogP contribution in [0.2, 0.25) is 0 Å². The second-order valence-electron chi connectivity index (χ2n) is 2.14. The molecule has 0 radical (unpaired) electrons. The average molecular weight is 150 g/mol. The Morgan fingerprint density at radius 1 is 1.73 bits per heavy atom. The van der Waals surface area contributed by atoms with E-state index < -0.39 is 0 Å². The van der Waals surface area contributed by atoms with Gasteiger partial charge in [0.05, 0.1) is 0 Å². The minimum absolute atomic E-state index is 0.0668. The third kappa shape index (κ3) is 2.01. The van der Waals surface area contributed by atoms with E-state index >= 15 is 0 Å².